The van der Waals surface area contributed by atoms with Crippen molar-refractivity contribution in [1.29, 1.82) is 0 Å². The second-order valence-corrected chi connectivity index (χ2v) is 17.4. The Labute approximate surface area is 486 Å². The first-order valence-electron chi connectivity index (χ1n) is 27.3. The fourth-order valence-electron chi connectivity index (χ4n) is 5.65. The molecule has 0 aliphatic heterocycles. The average molecular weight is 1170 g/mol. The molecule has 23 heteroatoms. The van der Waals surface area contributed by atoms with Gasteiger partial charge in [0.2, 0.25) is 23.6 Å². The minimum atomic E-state index is -0.969. The van der Waals surface area contributed by atoms with Crippen molar-refractivity contribution in [2.24, 2.45) is 0 Å². The second kappa shape index (κ2) is 59.3. The monoisotopic (exact) mass is 1160 g/mol. The summed E-state index contributed by atoms with van der Waals surface area (Å²) in [5, 5.41) is 10.9. The van der Waals surface area contributed by atoms with Gasteiger partial charge >= 0.3 is 11.9 Å². The van der Waals surface area contributed by atoms with E-state index < -0.39 is 23.4 Å². The molecular formula is C59H96N4O19. The number of carbonyl (C=O) groups is 8. The summed E-state index contributed by atoms with van der Waals surface area (Å²) in [6.45, 7) is 39.6. The van der Waals surface area contributed by atoms with Crippen LogP contribution in [0.4, 0.5) is 0 Å². The lowest BCUT2D eigenvalue weighted by Gasteiger charge is -2.34. The SMILES string of the molecule is C=C(C)C(=O)OCCOCCOCCOCCOC(=O)C(=C)C.C=CC(=O)CCCCOCC(COCCCCC(=O)C=C)(COCCCNC(=O)C=C)NC(=O)C=C.C=CC(=O)NCCCOCCOCCOCCCNC(=O)C=C. The fraction of sp³-hybridized carbons (Fsp3) is 0.593. The molecule has 0 unspecified atom stereocenters. The fourth-order valence-corrected chi connectivity index (χ4v) is 5.65. The van der Waals surface area contributed by atoms with Crippen LogP contribution in [0.1, 0.15) is 71.6 Å². The molecule has 0 saturated heterocycles. The Morgan fingerprint density at radius 1 is 0.341 bits per heavy atom. The summed E-state index contributed by atoms with van der Waals surface area (Å²) in [5.74, 6) is -1.85. The highest BCUT2D eigenvalue weighted by Crippen LogP contribution is 2.12. The van der Waals surface area contributed by atoms with Gasteiger partial charge in [0.05, 0.1) is 85.9 Å². The van der Waals surface area contributed by atoms with E-state index in [4.69, 9.17) is 52.1 Å². The first-order valence-corrected chi connectivity index (χ1v) is 27.3. The summed E-state index contributed by atoms with van der Waals surface area (Å²) >= 11 is 0. The lowest BCUT2D eigenvalue weighted by Crippen LogP contribution is -2.58. The van der Waals surface area contributed by atoms with Gasteiger partial charge in [0.1, 0.15) is 18.8 Å². The zero-order chi connectivity index (χ0) is 61.8. The number of allylic oxidation sites excluding steroid dienone is 2. The van der Waals surface area contributed by atoms with Crippen molar-refractivity contribution < 1.29 is 90.5 Å². The van der Waals surface area contributed by atoms with Gasteiger partial charge in [-0.25, -0.2) is 9.59 Å². The van der Waals surface area contributed by atoms with E-state index in [0.717, 1.165) is 12.8 Å². The Morgan fingerprint density at radius 2 is 0.610 bits per heavy atom. The van der Waals surface area contributed by atoms with Crippen LogP contribution in [0.15, 0.2) is 100 Å². The summed E-state index contributed by atoms with van der Waals surface area (Å²) < 4.78 is 58.9. The number of carbonyl (C=O) groups excluding carboxylic acids is 8. The van der Waals surface area contributed by atoms with Crippen LogP contribution in [0.2, 0.25) is 0 Å². The van der Waals surface area contributed by atoms with Crippen molar-refractivity contribution in [2.45, 2.75) is 77.2 Å². The Balaban J connectivity index is -0.00000119. The van der Waals surface area contributed by atoms with Gasteiger partial charge in [-0.05, 0) is 95.2 Å². The molecule has 4 amide bonds. The van der Waals surface area contributed by atoms with Gasteiger partial charge < -0.3 is 73.4 Å². The van der Waals surface area contributed by atoms with Crippen molar-refractivity contribution in [2.75, 3.05) is 152 Å². The van der Waals surface area contributed by atoms with E-state index >= 15 is 0 Å². The third kappa shape index (κ3) is 57.0. The van der Waals surface area contributed by atoms with Gasteiger partial charge in [-0.3, -0.25) is 28.8 Å². The summed E-state index contributed by atoms with van der Waals surface area (Å²) in [4.78, 5) is 90.0. The molecule has 82 heavy (non-hydrogen) atoms. The van der Waals surface area contributed by atoms with Crippen LogP contribution in [0.3, 0.4) is 0 Å². The van der Waals surface area contributed by atoms with Crippen LogP contribution in [0.25, 0.3) is 0 Å². The van der Waals surface area contributed by atoms with Crippen molar-refractivity contribution in [3.05, 3.63) is 100 Å². The Bertz CT molecular complexity index is 1730. The van der Waals surface area contributed by atoms with Crippen molar-refractivity contribution in [3.63, 3.8) is 0 Å². The zero-order valence-electron chi connectivity index (χ0n) is 49.0. The Morgan fingerprint density at radius 3 is 0.890 bits per heavy atom. The molecule has 0 fully saturated rings. The molecule has 0 aliphatic rings. The molecule has 0 spiro atoms. The third-order valence-electron chi connectivity index (χ3n) is 10.0. The van der Waals surface area contributed by atoms with E-state index in [-0.39, 0.29) is 62.3 Å². The van der Waals surface area contributed by atoms with Gasteiger partial charge in [-0.1, -0.05) is 52.6 Å². The molecule has 0 bridgehead atoms. The number of esters is 2. The van der Waals surface area contributed by atoms with Gasteiger partial charge in [-0.15, -0.1) is 0 Å². The molecule has 0 rings (SSSR count). The van der Waals surface area contributed by atoms with Crippen LogP contribution >= 0.6 is 0 Å². The highest BCUT2D eigenvalue weighted by Gasteiger charge is 2.33. The maximum atomic E-state index is 12.2. The maximum Gasteiger partial charge on any atom is 0.333 e. The summed E-state index contributed by atoms with van der Waals surface area (Å²) in [6.07, 6.45) is 13.1. The normalized spacial score (nSPS) is 10.4. The van der Waals surface area contributed by atoms with Gasteiger partial charge in [0.15, 0.2) is 11.6 Å². The molecule has 0 saturated carbocycles. The number of nitrogens with one attached hydrogen (secondary N) is 4. The lowest BCUT2D eigenvalue weighted by molar-refractivity contribution is -0.141. The number of hydrogen-bond acceptors (Lipinski definition) is 19. The molecule has 466 valence electrons. The predicted molar refractivity (Wildman–Crippen MR) is 312 cm³/mol. The van der Waals surface area contributed by atoms with E-state index in [0.29, 0.717) is 175 Å². The molecule has 0 heterocycles. The smallest absolute Gasteiger partial charge is 0.333 e. The predicted octanol–water partition coefficient (Wildman–Crippen LogP) is 4.32. The Hall–Kier alpha value is -6.28. The highest BCUT2D eigenvalue weighted by molar-refractivity contribution is 5.90. The van der Waals surface area contributed by atoms with E-state index in [1.165, 1.54) is 36.5 Å². The van der Waals surface area contributed by atoms with Crippen LogP contribution < -0.4 is 21.3 Å². The lowest BCUT2D eigenvalue weighted by atomic mass is 10.0. The molecule has 23 nitrogen and oxygen atoms in total. The summed E-state index contributed by atoms with van der Waals surface area (Å²) in [7, 11) is 0. The van der Waals surface area contributed by atoms with Crippen molar-refractivity contribution in [3.8, 4) is 0 Å². The molecular weight excluding hydrogens is 1070 g/mol. The second-order valence-electron chi connectivity index (χ2n) is 17.4. The van der Waals surface area contributed by atoms with Gasteiger partial charge in [0, 0.05) is 76.7 Å². The standard InChI is InChI=1S/C27H42N2O7.C16H28N2O5.C16H26O7/c1-5-23(30)14-9-11-17-34-20-27(29-26(33)8-4,21-35-18-12-10-15-24(31)6-2)22-36-19-13-16-28-25(32)7-3;1-3-15(19)17-7-5-9-21-11-13-23-14-12-22-10-6-8-18-16(20)4-2;1-13(2)15(17)22-11-9-20-7-5-19-6-8-21-10-12-23-16(18)14(3)4/h5-8H,1-4,9-22H2,(H,28,32)(H,29,33);3-4H,1-2,5-14H2,(H,17,19)(H,18,20);1,3,5-12H2,2,4H3. The maximum absolute atomic E-state index is 12.2. The first kappa shape index (κ1) is 79.9. The third-order valence-corrected chi connectivity index (χ3v) is 10.0. The van der Waals surface area contributed by atoms with E-state index in [1.54, 1.807) is 13.8 Å². The van der Waals surface area contributed by atoms with Crippen LogP contribution in [0.5, 0.6) is 0 Å². The number of hydrogen-bond donors (Lipinski definition) is 4. The zero-order valence-corrected chi connectivity index (χ0v) is 49.0. The number of amides is 4. The van der Waals surface area contributed by atoms with Crippen molar-refractivity contribution >= 4 is 47.1 Å². The molecule has 0 aromatic heterocycles. The molecule has 4 N–H and O–H groups in total. The molecule has 0 radical (unpaired) electrons. The topological polar surface area (TPSA) is 286 Å². The number of rotatable bonds is 55. The van der Waals surface area contributed by atoms with E-state index in [2.05, 4.69) is 73.9 Å². The molecule has 0 aromatic rings. The van der Waals surface area contributed by atoms with E-state index in [9.17, 15) is 38.4 Å². The molecule has 0 atom stereocenters. The first-order chi connectivity index (χ1) is 39.5. The minimum absolute atomic E-state index is 0.0107. The van der Waals surface area contributed by atoms with Gasteiger partial charge in [0.25, 0.3) is 0 Å². The number of ether oxygens (including phenoxy) is 11. The summed E-state index contributed by atoms with van der Waals surface area (Å²) in [6, 6.07) is 0. The quantitative estimate of drug-likeness (QED) is 0.0375. The number of ketones is 2. The van der Waals surface area contributed by atoms with Crippen molar-refractivity contribution in [1.82, 2.24) is 21.3 Å². The van der Waals surface area contributed by atoms with Crippen LogP contribution in [0, 0.1) is 0 Å². The largest absolute Gasteiger partial charge is 0.460 e. The van der Waals surface area contributed by atoms with Crippen LogP contribution in [-0.2, 0) is 90.5 Å². The minimum Gasteiger partial charge on any atom is -0.460 e. The molecule has 0 aromatic carbocycles. The van der Waals surface area contributed by atoms with Crippen LogP contribution in [-0.4, -0.2) is 204 Å². The average Bonchev–Trinajstić information content (AvgIpc) is 3.53. The highest BCUT2D eigenvalue weighted by atomic mass is 16.6. The Kier molecular flexibility index (Phi) is 57.9. The number of unbranched alkanes of at least 4 members (excludes halogenated alkanes) is 2. The van der Waals surface area contributed by atoms with Gasteiger partial charge in [-0.2, -0.15) is 0 Å². The summed E-state index contributed by atoms with van der Waals surface area (Å²) in [5.41, 5.74) is -0.241. The molecule has 0 aliphatic carbocycles. The van der Waals surface area contributed by atoms with E-state index in [1.807, 2.05) is 0 Å².